The van der Waals surface area contributed by atoms with Gasteiger partial charge in [-0.1, -0.05) is 36.4 Å². The normalized spacial score (nSPS) is 20.8. The van der Waals surface area contributed by atoms with Crippen LogP contribution in [-0.4, -0.2) is 54.0 Å². The summed E-state index contributed by atoms with van der Waals surface area (Å²) in [6.45, 7) is 4.03. The zero-order valence-electron chi connectivity index (χ0n) is 18.2. The number of phenolic OH excluding ortho intramolecular Hbond substituents is 1. The number of aromatic hydroxyl groups is 1. The van der Waals surface area contributed by atoms with E-state index in [4.69, 9.17) is 4.74 Å². The Hall–Kier alpha value is -3.02. The number of benzene rings is 3. The Kier molecular flexibility index (Phi) is 6.02. The molecule has 32 heavy (non-hydrogen) atoms. The van der Waals surface area contributed by atoms with Crippen molar-refractivity contribution in [2.75, 3.05) is 37.7 Å². The number of aliphatic hydroxyl groups excluding tert-OH is 1. The van der Waals surface area contributed by atoms with Gasteiger partial charge in [0.15, 0.2) is 0 Å². The Morgan fingerprint density at radius 2 is 1.75 bits per heavy atom. The summed E-state index contributed by atoms with van der Waals surface area (Å²) in [5.41, 5.74) is 4.84. The number of ether oxygens (including phenoxy) is 1. The van der Waals surface area contributed by atoms with Crippen LogP contribution in [0.25, 0.3) is 0 Å². The molecule has 2 atom stereocenters. The number of aliphatic hydroxyl groups is 1. The monoisotopic (exact) mass is 430 g/mol. The zero-order valence-corrected chi connectivity index (χ0v) is 18.2. The third kappa shape index (κ3) is 4.45. The Morgan fingerprint density at radius 3 is 2.50 bits per heavy atom. The zero-order chi connectivity index (χ0) is 21.9. The molecule has 3 aromatic carbocycles. The van der Waals surface area contributed by atoms with Gasteiger partial charge in [-0.25, -0.2) is 0 Å². The molecule has 166 valence electrons. The molecule has 0 spiro atoms. The third-order valence-corrected chi connectivity index (χ3v) is 6.56. The van der Waals surface area contributed by atoms with Gasteiger partial charge in [-0.05, 0) is 65.9 Å². The predicted molar refractivity (Wildman–Crippen MR) is 126 cm³/mol. The first-order valence-electron chi connectivity index (χ1n) is 11.4. The highest BCUT2D eigenvalue weighted by molar-refractivity contribution is 5.57. The molecule has 2 aliphatic rings. The second-order valence-corrected chi connectivity index (χ2v) is 8.73. The van der Waals surface area contributed by atoms with Crippen LogP contribution >= 0.6 is 0 Å². The maximum absolute atomic E-state index is 9.99. The summed E-state index contributed by atoms with van der Waals surface area (Å²) >= 11 is 0. The Labute approximate surface area is 189 Å². The van der Waals surface area contributed by atoms with Crippen molar-refractivity contribution in [3.05, 3.63) is 89.5 Å². The van der Waals surface area contributed by atoms with Gasteiger partial charge < -0.3 is 19.8 Å². The fourth-order valence-corrected chi connectivity index (χ4v) is 4.92. The minimum atomic E-state index is -0.192. The van der Waals surface area contributed by atoms with Crippen LogP contribution < -0.4 is 9.64 Å². The second-order valence-electron chi connectivity index (χ2n) is 8.73. The average Bonchev–Trinajstić information content (AvgIpc) is 3.24. The van der Waals surface area contributed by atoms with E-state index in [0.717, 1.165) is 44.8 Å². The number of phenols is 1. The lowest BCUT2D eigenvalue weighted by Gasteiger charge is -2.39. The topological polar surface area (TPSA) is 56.2 Å². The molecule has 5 nitrogen and oxygen atoms in total. The molecule has 5 rings (SSSR count). The van der Waals surface area contributed by atoms with Gasteiger partial charge >= 0.3 is 0 Å². The number of nitrogens with zero attached hydrogens (tertiary/aromatic N) is 2. The standard InChI is InChI=1S/C27H30N2O3/c30-23-8-11-26-21(18-23)12-15-29(22-4-2-1-3-5-22)27(26)20-6-9-25(10-7-20)32-17-16-28-14-13-24(31)19-28/h1-11,18,24,27,30-31H,12-17,19H2. The van der Waals surface area contributed by atoms with Gasteiger partial charge in [-0.3, -0.25) is 4.90 Å². The molecule has 0 aliphatic carbocycles. The summed E-state index contributed by atoms with van der Waals surface area (Å²) in [7, 11) is 0. The van der Waals surface area contributed by atoms with Crippen molar-refractivity contribution in [2.45, 2.75) is 25.0 Å². The summed E-state index contributed by atoms with van der Waals surface area (Å²) in [5.74, 6) is 1.19. The van der Waals surface area contributed by atoms with E-state index < -0.39 is 0 Å². The lowest BCUT2D eigenvalue weighted by Crippen LogP contribution is -2.36. The number of rotatable bonds is 6. The molecule has 2 N–H and O–H groups in total. The van der Waals surface area contributed by atoms with Crippen molar-refractivity contribution in [3.63, 3.8) is 0 Å². The third-order valence-electron chi connectivity index (χ3n) is 6.56. The first kappa shape index (κ1) is 20.9. The number of anilines is 1. The number of hydrogen-bond donors (Lipinski definition) is 2. The maximum Gasteiger partial charge on any atom is 0.119 e. The summed E-state index contributed by atoms with van der Waals surface area (Å²) in [6.07, 6.45) is 1.57. The molecule has 0 radical (unpaired) electrons. The minimum Gasteiger partial charge on any atom is -0.508 e. The molecule has 0 amide bonds. The fraction of sp³-hybridized carbons (Fsp3) is 0.333. The number of hydrogen-bond acceptors (Lipinski definition) is 5. The van der Waals surface area contributed by atoms with E-state index in [2.05, 4.69) is 52.3 Å². The minimum absolute atomic E-state index is 0.0851. The van der Waals surface area contributed by atoms with Gasteiger partial charge in [0.2, 0.25) is 0 Å². The van der Waals surface area contributed by atoms with Crippen LogP contribution in [0.2, 0.25) is 0 Å². The van der Waals surface area contributed by atoms with Gasteiger partial charge in [0.25, 0.3) is 0 Å². The highest BCUT2D eigenvalue weighted by Crippen LogP contribution is 2.39. The SMILES string of the molecule is Oc1ccc2c(c1)CCN(c1ccccc1)C2c1ccc(OCCN2CCC(O)C2)cc1. The quantitative estimate of drug-likeness (QED) is 0.619. The molecule has 1 saturated heterocycles. The van der Waals surface area contributed by atoms with Crippen molar-refractivity contribution in [2.24, 2.45) is 0 Å². The van der Waals surface area contributed by atoms with E-state index in [1.165, 1.54) is 22.4 Å². The van der Waals surface area contributed by atoms with Crippen molar-refractivity contribution >= 4 is 5.69 Å². The molecule has 5 heteroatoms. The fourth-order valence-electron chi connectivity index (χ4n) is 4.92. The number of para-hydroxylation sites is 1. The molecule has 0 bridgehead atoms. The maximum atomic E-state index is 9.99. The summed E-state index contributed by atoms with van der Waals surface area (Å²) in [5, 5.41) is 19.7. The predicted octanol–water partition coefficient (Wildman–Crippen LogP) is 3.99. The van der Waals surface area contributed by atoms with Crippen molar-refractivity contribution < 1.29 is 14.9 Å². The van der Waals surface area contributed by atoms with Crippen molar-refractivity contribution in [1.29, 1.82) is 0 Å². The number of fused-ring (bicyclic) bond motifs is 1. The summed E-state index contributed by atoms with van der Waals surface area (Å²) in [6, 6.07) is 24.7. The molecular weight excluding hydrogens is 400 g/mol. The lowest BCUT2D eigenvalue weighted by atomic mass is 9.87. The van der Waals surface area contributed by atoms with Gasteiger partial charge in [0, 0.05) is 31.9 Å². The van der Waals surface area contributed by atoms with E-state index in [1.54, 1.807) is 6.07 Å². The number of likely N-dealkylation sites (tertiary alicyclic amines) is 1. The van der Waals surface area contributed by atoms with E-state index in [1.807, 2.05) is 24.3 Å². The highest BCUT2D eigenvalue weighted by Gasteiger charge is 2.29. The van der Waals surface area contributed by atoms with Gasteiger partial charge in [-0.15, -0.1) is 0 Å². The Balaban J connectivity index is 1.35. The molecule has 1 fully saturated rings. The Morgan fingerprint density at radius 1 is 0.938 bits per heavy atom. The Bertz CT molecular complexity index is 1040. The molecular formula is C27H30N2O3. The van der Waals surface area contributed by atoms with E-state index in [-0.39, 0.29) is 12.1 Å². The molecule has 0 saturated carbocycles. The first-order valence-corrected chi connectivity index (χ1v) is 11.4. The smallest absolute Gasteiger partial charge is 0.119 e. The van der Waals surface area contributed by atoms with Crippen LogP contribution in [0.4, 0.5) is 5.69 Å². The van der Waals surface area contributed by atoms with E-state index in [0.29, 0.717) is 12.4 Å². The summed E-state index contributed by atoms with van der Waals surface area (Å²) in [4.78, 5) is 4.68. The molecule has 3 aromatic rings. The number of β-amino-alcohol motifs (C(OH)–C–C–N with tert-alkyl or cyclic N) is 1. The van der Waals surface area contributed by atoms with Crippen LogP contribution in [-0.2, 0) is 6.42 Å². The molecule has 0 aromatic heterocycles. The van der Waals surface area contributed by atoms with Crippen LogP contribution in [0, 0.1) is 0 Å². The first-order chi connectivity index (χ1) is 15.7. The van der Waals surface area contributed by atoms with Gasteiger partial charge in [0.1, 0.15) is 18.1 Å². The molecule has 2 heterocycles. The summed E-state index contributed by atoms with van der Waals surface area (Å²) < 4.78 is 5.97. The van der Waals surface area contributed by atoms with Crippen LogP contribution in [0.5, 0.6) is 11.5 Å². The average molecular weight is 431 g/mol. The van der Waals surface area contributed by atoms with E-state index in [9.17, 15) is 10.2 Å². The van der Waals surface area contributed by atoms with Crippen LogP contribution in [0.15, 0.2) is 72.8 Å². The largest absolute Gasteiger partial charge is 0.508 e. The van der Waals surface area contributed by atoms with Crippen molar-refractivity contribution in [3.8, 4) is 11.5 Å². The van der Waals surface area contributed by atoms with E-state index >= 15 is 0 Å². The van der Waals surface area contributed by atoms with Crippen LogP contribution in [0.3, 0.4) is 0 Å². The van der Waals surface area contributed by atoms with Gasteiger partial charge in [-0.2, -0.15) is 0 Å². The van der Waals surface area contributed by atoms with Crippen molar-refractivity contribution in [1.82, 2.24) is 4.90 Å². The van der Waals surface area contributed by atoms with Gasteiger partial charge in [0.05, 0.1) is 12.1 Å². The highest BCUT2D eigenvalue weighted by atomic mass is 16.5. The molecule has 2 unspecified atom stereocenters. The second kappa shape index (κ2) is 9.23. The molecule has 2 aliphatic heterocycles. The van der Waals surface area contributed by atoms with Crippen LogP contribution in [0.1, 0.15) is 29.2 Å². The lowest BCUT2D eigenvalue weighted by molar-refractivity contribution is 0.167.